The molecule has 1 aliphatic rings. The van der Waals surface area contributed by atoms with Gasteiger partial charge in [-0.05, 0) is 53.9 Å². The number of hydrogen-bond acceptors (Lipinski definition) is 6. The van der Waals surface area contributed by atoms with Gasteiger partial charge in [0.25, 0.3) is 0 Å². The fourth-order valence-electron chi connectivity index (χ4n) is 3.36. The number of aromatic nitrogens is 4. The fraction of sp³-hybridized carbons (Fsp3) is 0.588. The standard InChI is InChI=1S/C17H25N5O2/c1-4-9-22-17(18-19-20-22)12-21-10-5-6-14(21)13-7-8-15(23-2)16(11-13)24-3/h7-8,11,14H,4-6,9-10,12H2,1-3H3/t14-/m0/s1. The number of hydrogen-bond donors (Lipinski definition) is 0. The summed E-state index contributed by atoms with van der Waals surface area (Å²) in [6.45, 7) is 4.81. The lowest BCUT2D eigenvalue weighted by Crippen LogP contribution is -2.25. The monoisotopic (exact) mass is 331 g/mol. The number of rotatable bonds is 7. The molecule has 1 saturated heterocycles. The number of tetrazole rings is 1. The third kappa shape index (κ3) is 3.36. The van der Waals surface area contributed by atoms with Gasteiger partial charge < -0.3 is 9.47 Å². The summed E-state index contributed by atoms with van der Waals surface area (Å²) in [5.41, 5.74) is 1.25. The lowest BCUT2D eigenvalue weighted by atomic mass is 10.0. The quantitative estimate of drug-likeness (QED) is 0.776. The molecule has 0 amide bonds. The molecule has 1 aromatic heterocycles. The summed E-state index contributed by atoms with van der Waals surface area (Å²) in [4.78, 5) is 2.44. The first-order valence-electron chi connectivity index (χ1n) is 8.47. The zero-order valence-corrected chi connectivity index (χ0v) is 14.6. The fourth-order valence-corrected chi connectivity index (χ4v) is 3.36. The molecule has 1 aromatic carbocycles. The van der Waals surface area contributed by atoms with Crippen LogP contribution in [-0.4, -0.2) is 45.9 Å². The minimum Gasteiger partial charge on any atom is -0.493 e. The Kier molecular flexibility index (Phi) is 5.30. The van der Waals surface area contributed by atoms with Gasteiger partial charge in [0.2, 0.25) is 0 Å². The van der Waals surface area contributed by atoms with E-state index in [0.717, 1.165) is 49.8 Å². The first-order valence-corrected chi connectivity index (χ1v) is 8.47. The summed E-state index contributed by atoms with van der Waals surface area (Å²) in [5.74, 6) is 2.47. The third-order valence-electron chi connectivity index (χ3n) is 4.54. The highest BCUT2D eigenvalue weighted by atomic mass is 16.5. The van der Waals surface area contributed by atoms with E-state index in [2.05, 4.69) is 39.5 Å². The van der Waals surface area contributed by atoms with Crippen LogP contribution in [0.25, 0.3) is 0 Å². The van der Waals surface area contributed by atoms with Crippen molar-refractivity contribution in [3.8, 4) is 11.5 Å². The molecule has 0 unspecified atom stereocenters. The van der Waals surface area contributed by atoms with E-state index < -0.39 is 0 Å². The Morgan fingerprint density at radius 1 is 1.21 bits per heavy atom. The Hall–Kier alpha value is -2.15. The molecule has 0 spiro atoms. The smallest absolute Gasteiger partial charge is 0.165 e. The van der Waals surface area contributed by atoms with Crippen molar-refractivity contribution in [1.29, 1.82) is 0 Å². The topological polar surface area (TPSA) is 65.3 Å². The highest BCUT2D eigenvalue weighted by Crippen LogP contribution is 2.37. The number of aryl methyl sites for hydroxylation is 1. The van der Waals surface area contributed by atoms with Crippen LogP contribution in [0.3, 0.4) is 0 Å². The van der Waals surface area contributed by atoms with Gasteiger partial charge >= 0.3 is 0 Å². The molecule has 0 N–H and O–H groups in total. The summed E-state index contributed by atoms with van der Waals surface area (Å²) >= 11 is 0. The number of benzene rings is 1. The summed E-state index contributed by atoms with van der Waals surface area (Å²) in [6.07, 6.45) is 3.33. The molecule has 24 heavy (non-hydrogen) atoms. The van der Waals surface area contributed by atoms with Crippen molar-refractivity contribution < 1.29 is 9.47 Å². The maximum atomic E-state index is 5.45. The molecule has 0 aliphatic carbocycles. The Balaban J connectivity index is 1.79. The minimum absolute atomic E-state index is 0.358. The molecule has 7 nitrogen and oxygen atoms in total. The molecule has 130 valence electrons. The number of likely N-dealkylation sites (tertiary alicyclic amines) is 1. The van der Waals surface area contributed by atoms with Gasteiger partial charge in [-0.1, -0.05) is 13.0 Å². The molecule has 2 heterocycles. The molecule has 7 heteroatoms. The highest BCUT2D eigenvalue weighted by molar-refractivity contribution is 5.44. The van der Waals surface area contributed by atoms with Gasteiger partial charge in [0.1, 0.15) is 0 Å². The maximum absolute atomic E-state index is 5.45. The Bertz CT molecular complexity index is 673. The summed E-state index contributed by atoms with van der Waals surface area (Å²) < 4.78 is 12.7. The zero-order chi connectivity index (χ0) is 16.9. The molecule has 0 radical (unpaired) electrons. The van der Waals surface area contributed by atoms with Crippen molar-refractivity contribution >= 4 is 0 Å². The van der Waals surface area contributed by atoms with E-state index in [9.17, 15) is 0 Å². The number of nitrogens with zero attached hydrogens (tertiary/aromatic N) is 5. The molecule has 1 atom stereocenters. The molecule has 0 saturated carbocycles. The molecule has 1 aliphatic heterocycles. The van der Waals surface area contributed by atoms with Crippen LogP contribution in [0, 0.1) is 0 Å². The van der Waals surface area contributed by atoms with Crippen LogP contribution in [0.15, 0.2) is 18.2 Å². The summed E-state index contributed by atoms with van der Waals surface area (Å²) in [6, 6.07) is 6.54. The van der Waals surface area contributed by atoms with E-state index in [4.69, 9.17) is 9.47 Å². The van der Waals surface area contributed by atoms with Crippen molar-refractivity contribution in [2.24, 2.45) is 0 Å². The van der Waals surface area contributed by atoms with Crippen LogP contribution in [0.4, 0.5) is 0 Å². The average molecular weight is 331 g/mol. The second-order valence-corrected chi connectivity index (χ2v) is 6.06. The first-order chi connectivity index (χ1) is 11.8. The predicted octanol–water partition coefficient (Wildman–Crippen LogP) is 2.44. The van der Waals surface area contributed by atoms with Gasteiger partial charge in [0, 0.05) is 12.6 Å². The Morgan fingerprint density at radius 3 is 2.79 bits per heavy atom. The van der Waals surface area contributed by atoms with Gasteiger partial charge in [0.15, 0.2) is 17.3 Å². The van der Waals surface area contributed by atoms with Gasteiger partial charge in [-0.2, -0.15) is 0 Å². The van der Waals surface area contributed by atoms with E-state index in [1.165, 1.54) is 12.0 Å². The van der Waals surface area contributed by atoms with E-state index >= 15 is 0 Å². The third-order valence-corrected chi connectivity index (χ3v) is 4.54. The van der Waals surface area contributed by atoms with Crippen LogP contribution >= 0.6 is 0 Å². The zero-order valence-electron chi connectivity index (χ0n) is 14.6. The predicted molar refractivity (Wildman–Crippen MR) is 90.0 cm³/mol. The van der Waals surface area contributed by atoms with E-state index in [0.29, 0.717) is 6.04 Å². The van der Waals surface area contributed by atoms with Crippen molar-refractivity contribution in [3.63, 3.8) is 0 Å². The molecule has 1 fully saturated rings. The van der Waals surface area contributed by atoms with Crippen molar-refractivity contribution in [2.45, 2.75) is 45.3 Å². The molecule has 0 bridgehead atoms. The molecule has 3 rings (SSSR count). The normalized spacial score (nSPS) is 18.0. The van der Waals surface area contributed by atoms with Crippen LogP contribution in [0.1, 0.15) is 43.6 Å². The molecular weight excluding hydrogens is 306 g/mol. The van der Waals surface area contributed by atoms with Gasteiger partial charge in [-0.25, -0.2) is 4.68 Å². The SMILES string of the molecule is CCCn1nnnc1CN1CCC[C@H]1c1ccc(OC)c(OC)c1. The van der Waals surface area contributed by atoms with Crippen LogP contribution < -0.4 is 9.47 Å². The van der Waals surface area contributed by atoms with Crippen LogP contribution in [0.5, 0.6) is 11.5 Å². The molecular formula is C17H25N5O2. The van der Waals surface area contributed by atoms with E-state index in [1.54, 1.807) is 14.2 Å². The average Bonchev–Trinajstić information content (AvgIpc) is 3.25. The van der Waals surface area contributed by atoms with Crippen LogP contribution in [0.2, 0.25) is 0 Å². The molecule has 2 aromatic rings. The van der Waals surface area contributed by atoms with Gasteiger partial charge in [-0.15, -0.1) is 5.10 Å². The first kappa shape index (κ1) is 16.7. The second kappa shape index (κ2) is 7.61. The van der Waals surface area contributed by atoms with Crippen LogP contribution in [-0.2, 0) is 13.1 Å². The lowest BCUT2D eigenvalue weighted by Gasteiger charge is -2.25. The Labute approximate surface area is 142 Å². The lowest BCUT2D eigenvalue weighted by molar-refractivity contribution is 0.236. The summed E-state index contributed by atoms with van der Waals surface area (Å²) in [7, 11) is 3.33. The maximum Gasteiger partial charge on any atom is 0.165 e. The van der Waals surface area contributed by atoms with Crippen molar-refractivity contribution in [1.82, 2.24) is 25.1 Å². The van der Waals surface area contributed by atoms with E-state index in [1.807, 2.05) is 10.7 Å². The van der Waals surface area contributed by atoms with Gasteiger partial charge in [0.05, 0.1) is 20.8 Å². The minimum atomic E-state index is 0.358. The van der Waals surface area contributed by atoms with Gasteiger partial charge in [-0.3, -0.25) is 4.90 Å². The largest absolute Gasteiger partial charge is 0.493 e. The van der Waals surface area contributed by atoms with Crippen molar-refractivity contribution in [3.05, 3.63) is 29.6 Å². The summed E-state index contributed by atoms with van der Waals surface area (Å²) in [5, 5.41) is 12.1. The Morgan fingerprint density at radius 2 is 2.04 bits per heavy atom. The number of ether oxygens (including phenoxy) is 2. The van der Waals surface area contributed by atoms with E-state index in [-0.39, 0.29) is 0 Å². The number of methoxy groups -OCH3 is 2. The highest BCUT2D eigenvalue weighted by Gasteiger charge is 2.28. The second-order valence-electron chi connectivity index (χ2n) is 6.06. The van der Waals surface area contributed by atoms with Crippen molar-refractivity contribution in [2.75, 3.05) is 20.8 Å².